The molecule has 1 fully saturated rings. The lowest BCUT2D eigenvalue weighted by molar-refractivity contribution is 0.291. The number of hydrogen-bond acceptors (Lipinski definition) is 5. The van der Waals surface area contributed by atoms with Crippen molar-refractivity contribution in [3.8, 4) is 5.75 Å². The van der Waals surface area contributed by atoms with Gasteiger partial charge in [0.05, 0.1) is 7.05 Å². The van der Waals surface area contributed by atoms with Crippen LogP contribution in [-0.4, -0.2) is 26.2 Å². The summed E-state index contributed by atoms with van der Waals surface area (Å²) < 4.78 is 19.0. The van der Waals surface area contributed by atoms with Crippen LogP contribution < -0.4 is 10.1 Å². The largest absolute Gasteiger partial charge is 0.485 e. The molecule has 6 nitrogen and oxygen atoms in total. The molecule has 7 heteroatoms. The lowest BCUT2D eigenvalue weighted by atomic mass is 10.2. The number of benzene rings is 1. The monoisotopic (exact) mass is 277 g/mol. The summed E-state index contributed by atoms with van der Waals surface area (Å²) in [4.78, 5) is 1.37. The molecule has 1 saturated carbocycles. The Morgan fingerprint density at radius 1 is 1.45 bits per heavy atom. The molecule has 0 atom stereocenters. The maximum absolute atomic E-state index is 13.3. The van der Waals surface area contributed by atoms with Crippen molar-refractivity contribution < 1.29 is 9.13 Å². The zero-order valence-corrected chi connectivity index (χ0v) is 11.2. The first-order valence-electron chi connectivity index (χ1n) is 6.58. The summed E-state index contributed by atoms with van der Waals surface area (Å²) in [7, 11) is 1.69. The Kier molecular flexibility index (Phi) is 3.60. The number of ether oxygens (including phenoxy) is 1. The minimum Gasteiger partial charge on any atom is -0.485 e. The normalized spacial score (nSPS) is 14.5. The second kappa shape index (κ2) is 5.54. The molecule has 0 saturated heterocycles. The van der Waals surface area contributed by atoms with Crippen molar-refractivity contribution in [1.82, 2.24) is 25.5 Å². The fraction of sp³-hybridized carbons (Fsp3) is 0.462. The van der Waals surface area contributed by atoms with E-state index in [2.05, 4.69) is 20.7 Å². The van der Waals surface area contributed by atoms with Gasteiger partial charge in [0.2, 0.25) is 5.82 Å². The maximum atomic E-state index is 13.3. The predicted molar refractivity (Wildman–Crippen MR) is 69.4 cm³/mol. The van der Waals surface area contributed by atoms with Crippen LogP contribution in [0.5, 0.6) is 5.75 Å². The van der Waals surface area contributed by atoms with E-state index >= 15 is 0 Å². The predicted octanol–water partition coefficient (Wildman–Crippen LogP) is 1.18. The number of nitrogens with zero attached hydrogens (tertiary/aromatic N) is 4. The summed E-state index contributed by atoms with van der Waals surface area (Å²) >= 11 is 0. The summed E-state index contributed by atoms with van der Waals surface area (Å²) in [6.45, 7) is 0.821. The molecule has 0 amide bonds. The smallest absolute Gasteiger partial charge is 0.212 e. The number of aryl methyl sites for hydroxylation is 1. The van der Waals surface area contributed by atoms with Crippen LogP contribution >= 0.6 is 0 Å². The second-order valence-electron chi connectivity index (χ2n) is 4.89. The highest BCUT2D eigenvalue weighted by Crippen LogP contribution is 2.23. The van der Waals surface area contributed by atoms with Gasteiger partial charge >= 0.3 is 0 Å². The molecule has 1 aliphatic rings. The zero-order valence-electron chi connectivity index (χ0n) is 11.2. The highest BCUT2D eigenvalue weighted by atomic mass is 19.1. The maximum Gasteiger partial charge on any atom is 0.212 e. The van der Waals surface area contributed by atoms with Gasteiger partial charge in [0, 0.05) is 18.2 Å². The van der Waals surface area contributed by atoms with Crippen molar-refractivity contribution in [2.45, 2.75) is 32.0 Å². The molecule has 3 rings (SSSR count). The number of hydrogen-bond donors (Lipinski definition) is 1. The van der Waals surface area contributed by atoms with Gasteiger partial charge in [-0.05, 0) is 36.3 Å². The van der Waals surface area contributed by atoms with E-state index in [0.717, 1.165) is 5.56 Å². The number of tetrazole rings is 1. The van der Waals surface area contributed by atoms with Gasteiger partial charge in [-0.3, -0.25) is 0 Å². The Labute approximate surface area is 115 Å². The van der Waals surface area contributed by atoms with E-state index in [9.17, 15) is 4.39 Å². The molecular formula is C13H16FN5O. The lowest BCUT2D eigenvalue weighted by Gasteiger charge is -2.11. The molecule has 106 valence electrons. The average Bonchev–Trinajstić information content (AvgIpc) is 3.17. The van der Waals surface area contributed by atoms with Gasteiger partial charge in [-0.15, -0.1) is 10.2 Å². The molecule has 0 bridgehead atoms. The van der Waals surface area contributed by atoms with Crippen LogP contribution in [0.15, 0.2) is 18.2 Å². The summed E-state index contributed by atoms with van der Waals surface area (Å²) in [5.74, 6) is 0.882. The first kappa shape index (κ1) is 13.0. The Hall–Kier alpha value is -2.02. The van der Waals surface area contributed by atoms with Crippen molar-refractivity contribution in [3.63, 3.8) is 0 Å². The first-order valence-corrected chi connectivity index (χ1v) is 6.58. The van der Waals surface area contributed by atoms with Crippen molar-refractivity contribution in [2.24, 2.45) is 7.05 Å². The quantitative estimate of drug-likeness (QED) is 0.859. The number of halogens is 1. The minimum atomic E-state index is -0.262. The second-order valence-corrected chi connectivity index (χ2v) is 4.89. The molecule has 0 unspecified atom stereocenters. The highest BCUT2D eigenvalue weighted by Gasteiger charge is 2.20. The molecule has 0 spiro atoms. The third kappa shape index (κ3) is 3.30. The summed E-state index contributed by atoms with van der Waals surface area (Å²) in [6.07, 6.45) is 2.38. The van der Waals surface area contributed by atoms with Crippen molar-refractivity contribution in [2.75, 3.05) is 0 Å². The summed E-state index contributed by atoms with van der Waals surface area (Å²) in [5, 5.41) is 15.0. The first-order chi connectivity index (χ1) is 9.70. The number of nitrogens with one attached hydrogen (secondary N) is 1. The van der Waals surface area contributed by atoms with E-state index in [1.807, 2.05) is 0 Å². The van der Waals surface area contributed by atoms with E-state index in [1.54, 1.807) is 13.1 Å². The van der Waals surface area contributed by atoms with Crippen molar-refractivity contribution in [3.05, 3.63) is 35.4 Å². The Balaban J connectivity index is 1.66. The van der Waals surface area contributed by atoms with E-state index < -0.39 is 0 Å². The third-order valence-electron chi connectivity index (χ3n) is 3.09. The SMILES string of the molecule is Cn1nnc(COc2ccc(F)cc2CNC2CC2)n1. The standard InChI is InChI=1S/C13H16FN5O/c1-19-17-13(16-18-19)8-20-12-5-2-10(14)6-9(12)7-15-11-3-4-11/h2,5-6,11,15H,3-4,7-8H2,1H3. The summed E-state index contributed by atoms with van der Waals surface area (Å²) in [6, 6.07) is 5.08. The van der Waals surface area contributed by atoms with Crippen molar-refractivity contribution >= 4 is 0 Å². The summed E-state index contributed by atoms with van der Waals surface area (Å²) in [5.41, 5.74) is 0.806. The van der Waals surface area contributed by atoms with E-state index in [1.165, 1.54) is 29.8 Å². The topological polar surface area (TPSA) is 64.9 Å². The van der Waals surface area contributed by atoms with Crippen LogP contribution in [0.4, 0.5) is 4.39 Å². The van der Waals surface area contributed by atoms with Gasteiger partial charge in [0.25, 0.3) is 0 Å². The molecule has 1 heterocycles. The lowest BCUT2D eigenvalue weighted by Crippen LogP contribution is -2.16. The number of rotatable bonds is 6. The van der Waals surface area contributed by atoms with Gasteiger partial charge < -0.3 is 10.1 Å². The van der Waals surface area contributed by atoms with Crippen LogP contribution in [0, 0.1) is 5.82 Å². The molecule has 2 aromatic rings. The van der Waals surface area contributed by atoms with Gasteiger partial charge in [-0.25, -0.2) is 4.39 Å². The van der Waals surface area contributed by atoms with Crippen LogP contribution in [0.2, 0.25) is 0 Å². The van der Waals surface area contributed by atoms with E-state index in [-0.39, 0.29) is 12.4 Å². The fourth-order valence-corrected chi connectivity index (χ4v) is 1.89. The molecule has 1 N–H and O–H groups in total. The van der Waals surface area contributed by atoms with Crippen LogP contribution in [0.3, 0.4) is 0 Å². The molecule has 20 heavy (non-hydrogen) atoms. The van der Waals surface area contributed by atoms with Gasteiger partial charge in [0.1, 0.15) is 11.6 Å². The van der Waals surface area contributed by atoms with Gasteiger partial charge in [-0.2, -0.15) is 4.80 Å². The minimum absolute atomic E-state index is 0.218. The van der Waals surface area contributed by atoms with Crippen molar-refractivity contribution in [1.29, 1.82) is 0 Å². The van der Waals surface area contributed by atoms with Gasteiger partial charge in [0.15, 0.2) is 6.61 Å². The molecule has 0 radical (unpaired) electrons. The number of aromatic nitrogens is 4. The van der Waals surface area contributed by atoms with E-state index in [0.29, 0.717) is 24.2 Å². The Bertz CT molecular complexity index is 596. The van der Waals surface area contributed by atoms with E-state index in [4.69, 9.17) is 4.74 Å². The average molecular weight is 277 g/mol. The van der Waals surface area contributed by atoms with Crippen LogP contribution in [-0.2, 0) is 20.2 Å². The van der Waals surface area contributed by atoms with Crippen LogP contribution in [0.1, 0.15) is 24.2 Å². The van der Waals surface area contributed by atoms with Gasteiger partial charge in [-0.1, -0.05) is 0 Å². The molecule has 1 aliphatic carbocycles. The molecular weight excluding hydrogens is 261 g/mol. The Morgan fingerprint density at radius 3 is 3.00 bits per heavy atom. The third-order valence-corrected chi connectivity index (χ3v) is 3.09. The fourth-order valence-electron chi connectivity index (χ4n) is 1.89. The molecule has 1 aromatic heterocycles. The molecule has 1 aromatic carbocycles. The van der Waals surface area contributed by atoms with Crippen LogP contribution in [0.25, 0.3) is 0 Å². The Morgan fingerprint density at radius 2 is 2.30 bits per heavy atom. The highest BCUT2D eigenvalue weighted by molar-refractivity contribution is 5.34. The molecule has 0 aliphatic heterocycles. The zero-order chi connectivity index (χ0) is 13.9.